The highest BCUT2D eigenvalue weighted by molar-refractivity contribution is 5.46. The van der Waals surface area contributed by atoms with Crippen LogP contribution in [0.2, 0.25) is 0 Å². The Morgan fingerprint density at radius 1 is 1.07 bits per heavy atom. The number of nitrogen functional groups attached to an aromatic ring is 1. The average molecular weight is 191 g/mol. The molecular formula is C11H17N3. The summed E-state index contributed by atoms with van der Waals surface area (Å²) in [7, 11) is 0. The number of aromatic nitrogens is 2. The van der Waals surface area contributed by atoms with Crippen molar-refractivity contribution in [3.05, 3.63) is 17.2 Å². The molecule has 2 rings (SSSR count). The van der Waals surface area contributed by atoms with E-state index in [1.807, 2.05) is 13.8 Å². The van der Waals surface area contributed by atoms with Gasteiger partial charge < -0.3 is 5.73 Å². The van der Waals surface area contributed by atoms with Gasteiger partial charge in [-0.25, -0.2) is 9.97 Å². The van der Waals surface area contributed by atoms with Crippen molar-refractivity contribution in [1.29, 1.82) is 0 Å². The number of aryl methyl sites for hydroxylation is 2. The highest BCUT2D eigenvalue weighted by atomic mass is 14.9. The Kier molecular flexibility index (Phi) is 2.40. The van der Waals surface area contributed by atoms with Crippen LogP contribution in [0.1, 0.15) is 48.8 Å². The third-order valence-corrected chi connectivity index (χ3v) is 3.06. The van der Waals surface area contributed by atoms with E-state index in [0.717, 1.165) is 22.9 Å². The summed E-state index contributed by atoms with van der Waals surface area (Å²) in [6.07, 6.45) is 5.11. The first-order valence-electron chi connectivity index (χ1n) is 5.29. The van der Waals surface area contributed by atoms with Gasteiger partial charge in [-0.1, -0.05) is 12.8 Å². The molecule has 0 saturated heterocycles. The third-order valence-electron chi connectivity index (χ3n) is 3.06. The van der Waals surface area contributed by atoms with Gasteiger partial charge in [0, 0.05) is 5.92 Å². The highest BCUT2D eigenvalue weighted by Crippen LogP contribution is 2.32. The Balaban J connectivity index is 2.34. The SMILES string of the molecule is Cc1nc(C2CCCC2)nc(C)c1N. The van der Waals surface area contributed by atoms with Gasteiger partial charge in [0.05, 0.1) is 17.1 Å². The molecule has 0 amide bonds. The summed E-state index contributed by atoms with van der Waals surface area (Å²) in [6.45, 7) is 3.92. The molecule has 1 saturated carbocycles. The zero-order valence-corrected chi connectivity index (χ0v) is 8.88. The van der Waals surface area contributed by atoms with E-state index in [1.54, 1.807) is 0 Å². The molecular weight excluding hydrogens is 174 g/mol. The van der Waals surface area contributed by atoms with E-state index in [-0.39, 0.29) is 0 Å². The van der Waals surface area contributed by atoms with Gasteiger partial charge in [0.25, 0.3) is 0 Å². The van der Waals surface area contributed by atoms with Crippen LogP contribution in [0.15, 0.2) is 0 Å². The summed E-state index contributed by atoms with van der Waals surface area (Å²) in [5.41, 5.74) is 8.43. The molecule has 1 aromatic heterocycles. The summed E-state index contributed by atoms with van der Waals surface area (Å²) in [5, 5.41) is 0. The maximum absolute atomic E-state index is 5.82. The van der Waals surface area contributed by atoms with Crippen molar-refractivity contribution in [2.75, 3.05) is 5.73 Å². The number of hydrogen-bond donors (Lipinski definition) is 1. The minimum Gasteiger partial charge on any atom is -0.396 e. The topological polar surface area (TPSA) is 51.8 Å². The fourth-order valence-corrected chi connectivity index (χ4v) is 2.12. The predicted molar refractivity (Wildman–Crippen MR) is 57.1 cm³/mol. The minimum absolute atomic E-state index is 0.577. The lowest BCUT2D eigenvalue weighted by Crippen LogP contribution is -2.07. The van der Waals surface area contributed by atoms with Gasteiger partial charge in [0.1, 0.15) is 5.82 Å². The van der Waals surface area contributed by atoms with Crippen molar-refractivity contribution in [3.8, 4) is 0 Å². The van der Waals surface area contributed by atoms with E-state index in [0.29, 0.717) is 5.92 Å². The first kappa shape index (κ1) is 9.44. The van der Waals surface area contributed by atoms with Crippen LogP contribution in [0.3, 0.4) is 0 Å². The molecule has 76 valence electrons. The van der Waals surface area contributed by atoms with Crippen LogP contribution >= 0.6 is 0 Å². The molecule has 0 radical (unpaired) electrons. The summed E-state index contributed by atoms with van der Waals surface area (Å²) < 4.78 is 0. The maximum Gasteiger partial charge on any atom is 0.132 e. The van der Waals surface area contributed by atoms with Crippen molar-refractivity contribution in [2.45, 2.75) is 45.4 Å². The van der Waals surface area contributed by atoms with Gasteiger partial charge in [0.15, 0.2) is 0 Å². The molecule has 3 heteroatoms. The monoisotopic (exact) mass is 191 g/mol. The summed E-state index contributed by atoms with van der Waals surface area (Å²) in [6, 6.07) is 0. The standard InChI is InChI=1S/C11H17N3/c1-7-10(12)8(2)14-11(13-7)9-5-3-4-6-9/h9H,3-6,12H2,1-2H3. The first-order chi connectivity index (χ1) is 6.68. The van der Waals surface area contributed by atoms with Crippen LogP contribution in [-0.4, -0.2) is 9.97 Å². The molecule has 3 nitrogen and oxygen atoms in total. The lowest BCUT2D eigenvalue weighted by atomic mass is 10.1. The van der Waals surface area contributed by atoms with Crippen molar-refractivity contribution in [2.24, 2.45) is 0 Å². The largest absolute Gasteiger partial charge is 0.396 e. The smallest absolute Gasteiger partial charge is 0.132 e. The van der Waals surface area contributed by atoms with Crippen molar-refractivity contribution in [1.82, 2.24) is 9.97 Å². The van der Waals surface area contributed by atoms with E-state index >= 15 is 0 Å². The molecule has 2 N–H and O–H groups in total. The number of anilines is 1. The van der Waals surface area contributed by atoms with Crippen LogP contribution in [0.25, 0.3) is 0 Å². The molecule has 0 spiro atoms. The molecule has 0 bridgehead atoms. The van der Waals surface area contributed by atoms with E-state index < -0.39 is 0 Å². The van der Waals surface area contributed by atoms with E-state index in [9.17, 15) is 0 Å². The number of hydrogen-bond acceptors (Lipinski definition) is 3. The average Bonchev–Trinajstić information content (AvgIpc) is 2.66. The van der Waals surface area contributed by atoms with Gasteiger partial charge >= 0.3 is 0 Å². The van der Waals surface area contributed by atoms with Crippen molar-refractivity contribution >= 4 is 5.69 Å². The van der Waals surface area contributed by atoms with Crippen LogP contribution in [0, 0.1) is 13.8 Å². The van der Waals surface area contributed by atoms with Gasteiger partial charge in [-0.3, -0.25) is 0 Å². The molecule has 0 aromatic carbocycles. The predicted octanol–water partition coefficient (Wildman–Crippen LogP) is 2.33. The molecule has 1 heterocycles. The molecule has 14 heavy (non-hydrogen) atoms. The van der Waals surface area contributed by atoms with E-state index in [1.165, 1.54) is 25.7 Å². The molecule has 1 fully saturated rings. The zero-order chi connectivity index (χ0) is 10.1. The molecule has 0 atom stereocenters. The second kappa shape index (κ2) is 3.56. The molecule has 1 aliphatic rings. The molecule has 1 aromatic rings. The van der Waals surface area contributed by atoms with Gasteiger partial charge in [-0.15, -0.1) is 0 Å². The van der Waals surface area contributed by atoms with Crippen LogP contribution < -0.4 is 5.73 Å². The first-order valence-corrected chi connectivity index (χ1v) is 5.29. The van der Waals surface area contributed by atoms with Crippen LogP contribution in [-0.2, 0) is 0 Å². The summed E-state index contributed by atoms with van der Waals surface area (Å²) in [5.74, 6) is 1.58. The third kappa shape index (κ3) is 1.59. The van der Waals surface area contributed by atoms with E-state index in [4.69, 9.17) is 5.73 Å². The lowest BCUT2D eigenvalue weighted by molar-refractivity contribution is 0.661. The fourth-order valence-electron chi connectivity index (χ4n) is 2.12. The van der Waals surface area contributed by atoms with Crippen molar-refractivity contribution < 1.29 is 0 Å². The highest BCUT2D eigenvalue weighted by Gasteiger charge is 2.20. The van der Waals surface area contributed by atoms with Crippen molar-refractivity contribution in [3.63, 3.8) is 0 Å². The number of nitrogens with zero attached hydrogens (tertiary/aromatic N) is 2. The zero-order valence-electron chi connectivity index (χ0n) is 8.88. The lowest BCUT2D eigenvalue weighted by Gasteiger charge is -2.11. The minimum atomic E-state index is 0.577. The fraction of sp³-hybridized carbons (Fsp3) is 0.636. The van der Waals surface area contributed by atoms with Crippen LogP contribution in [0.4, 0.5) is 5.69 Å². The van der Waals surface area contributed by atoms with E-state index in [2.05, 4.69) is 9.97 Å². The number of rotatable bonds is 1. The van der Waals surface area contributed by atoms with Gasteiger partial charge in [0.2, 0.25) is 0 Å². The Labute approximate surface area is 84.8 Å². The normalized spacial score (nSPS) is 17.6. The Bertz CT molecular complexity index is 317. The summed E-state index contributed by atoms with van der Waals surface area (Å²) in [4.78, 5) is 8.96. The quantitative estimate of drug-likeness (QED) is 0.741. The van der Waals surface area contributed by atoms with Gasteiger partial charge in [-0.05, 0) is 26.7 Å². The molecule has 0 aliphatic heterocycles. The molecule has 0 unspecified atom stereocenters. The Morgan fingerprint density at radius 2 is 1.57 bits per heavy atom. The Morgan fingerprint density at radius 3 is 2.07 bits per heavy atom. The summed E-state index contributed by atoms with van der Waals surface area (Å²) >= 11 is 0. The Hall–Kier alpha value is -1.12. The van der Waals surface area contributed by atoms with Crippen LogP contribution in [0.5, 0.6) is 0 Å². The van der Waals surface area contributed by atoms with Gasteiger partial charge in [-0.2, -0.15) is 0 Å². The number of nitrogens with two attached hydrogens (primary N) is 1. The molecule has 1 aliphatic carbocycles. The second-order valence-corrected chi connectivity index (χ2v) is 4.15. The second-order valence-electron chi connectivity index (χ2n) is 4.15. The maximum atomic E-state index is 5.82.